The van der Waals surface area contributed by atoms with Crippen LogP contribution in [-0.4, -0.2) is 12.6 Å². The number of allylic oxidation sites excluding steroid dienone is 1. The topological polar surface area (TPSA) is 26.3 Å². The molecule has 0 aromatic heterocycles. The Bertz CT molecular complexity index is 161. The summed E-state index contributed by atoms with van der Waals surface area (Å²) in [5.41, 5.74) is 0. The third kappa shape index (κ3) is 1.20. The lowest BCUT2D eigenvalue weighted by molar-refractivity contribution is -0.140. The molecule has 0 bridgehead atoms. The molecule has 2 atom stereocenters. The fourth-order valence-electron chi connectivity index (χ4n) is 1.10. The normalized spacial score (nSPS) is 33.2. The fourth-order valence-corrected chi connectivity index (χ4v) is 1.10. The molecule has 0 radical (unpaired) electrons. The summed E-state index contributed by atoms with van der Waals surface area (Å²) in [6, 6.07) is 0. The van der Waals surface area contributed by atoms with E-state index in [0.29, 0.717) is 12.5 Å². The van der Waals surface area contributed by atoms with Crippen molar-refractivity contribution in [1.29, 1.82) is 0 Å². The Labute approximate surface area is 60.9 Å². The van der Waals surface area contributed by atoms with Crippen LogP contribution in [0.1, 0.15) is 13.8 Å². The quantitative estimate of drug-likeness (QED) is 0.406. The molecule has 0 aromatic carbocycles. The summed E-state index contributed by atoms with van der Waals surface area (Å²) in [5, 5.41) is 0. The van der Waals surface area contributed by atoms with Crippen LogP contribution in [0.25, 0.3) is 0 Å². The number of hydrogen-bond donors (Lipinski definition) is 0. The summed E-state index contributed by atoms with van der Waals surface area (Å²) in [7, 11) is 0. The second kappa shape index (κ2) is 2.86. The first-order chi connectivity index (χ1) is 4.75. The van der Waals surface area contributed by atoms with Gasteiger partial charge in [0.15, 0.2) is 0 Å². The van der Waals surface area contributed by atoms with Crippen molar-refractivity contribution in [3.8, 4) is 0 Å². The van der Waals surface area contributed by atoms with Gasteiger partial charge in [-0.25, -0.2) is 0 Å². The standard InChI is InChI=1S/C8H12O2/c1-3-4-7-5-10-8(9)6(7)2/h3-4,6-7H,5H2,1-2H3. The fraction of sp³-hybridized carbons (Fsp3) is 0.625. The molecule has 1 aliphatic heterocycles. The van der Waals surface area contributed by atoms with Crippen molar-refractivity contribution in [3.05, 3.63) is 12.2 Å². The highest BCUT2D eigenvalue weighted by atomic mass is 16.5. The zero-order valence-corrected chi connectivity index (χ0v) is 6.33. The van der Waals surface area contributed by atoms with Crippen molar-refractivity contribution in [3.63, 3.8) is 0 Å². The monoisotopic (exact) mass is 140 g/mol. The van der Waals surface area contributed by atoms with Gasteiger partial charge in [-0.1, -0.05) is 19.1 Å². The zero-order valence-electron chi connectivity index (χ0n) is 6.33. The summed E-state index contributed by atoms with van der Waals surface area (Å²) in [5.74, 6) is 0.289. The van der Waals surface area contributed by atoms with Gasteiger partial charge in [0.2, 0.25) is 0 Å². The van der Waals surface area contributed by atoms with Crippen molar-refractivity contribution in [1.82, 2.24) is 0 Å². The Hall–Kier alpha value is -0.790. The number of rotatable bonds is 1. The van der Waals surface area contributed by atoms with Gasteiger partial charge in [-0.3, -0.25) is 4.79 Å². The Morgan fingerprint density at radius 3 is 2.80 bits per heavy atom. The number of cyclic esters (lactones) is 1. The van der Waals surface area contributed by atoms with Crippen LogP contribution in [0.15, 0.2) is 12.2 Å². The van der Waals surface area contributed by atoms with Crippen LogP contribution in [0.4, 0.5) is 0 Å². The molecule has 0 N–H and O–H groups in total. The Balaban J connectivity index is 2.57. The van der Waals surface area contributed by atoms with E-state index in [2.05, 4.69) is 0 Å². The Morgan fingerprint density at radius 1 is 1.70 bits per heavy atom. The van der Waals surface area contributed by atoms with E-state index < -0.39 is 0 Å². The molecule has 1 heterocycles. The number of ether oxygens (including phenoxy) is 1. The van der Waals surface area contributed by atoms with Crippen LogP contribution >= 0.6 is 0 Å². The molecule has 1 rings (SSSR count). The summed E-state index contributed by atoms with van der Waals surface area (Å²) >= 11 is 0. The van der Waals surface area contributed by atoms with E-state index >= 15 is 0 Å². The molecule has 1 aliphatic rings. The van der Waals surface area contributed by atoms with E-state index in [1.807, 2.05) is 26.0 Å². The van der Waals surface area contributed by atoms with E-state index in [0.717, 1.165) is 0 Å². The van der Waals surface area contributed by atoms with Crippen molar-refractivity contribution < 1.29 is 9.53 Å². The van der Waals surface area contributed by atoms with Gasteiger partial charge >= 0.3 is 5.97 Å². The molecule has 2 heteroatoms. The third-order valence-corrected chi connectivity index (χ3v) is 1.87. The van der Waals surface area contributed by atoms with Crippen LogP contribution in [0, 0.1) is 11.8 Å². The molecular weight excluding hydrogens is 128 g/mol. The lowest BCUT2D eigenvalue weighted by atomic mass is 9.97. The number of carbonyl (C=O) groups excluding carboxylic acids is 1. The Morgan fingerprint density at radius 2 is 2.40 bits per heavy atom. The molecule has 0 saturated carbocycles. The molecular formula is C8H12O2. The van der Waals surface area contributed by atoms with Crippen LogP contribution in [0.5, 0.6) is 0 Å². The van der Waals surface area contributed by atoms with Crippen LogP contribution in [-0.2, 0) is 9.53 Å². The molecule has 2 unspecified atom stereocenters. The molecule has 10 heavy (non-hydrogen) atoms. The summed E-state index contributed by atoms with van der Waals surface area (Å²) < 4.78 is 4.84. The highest BCUT2D eigenvalue weighted by molar-refractivity contribution is 5.74. The average Bonchev–Trinajstić information content (AvgIpc) is 2.20. The molecule has 56 valence electrons. The smallest absolute Gasteiger partial charge is 0.309 e. The summed E-state index contributed by atoms with van der Waals surface area (Å²) in [6.45, 7) is 4.42. The molecule has 2 nitrogen and oxygen atoms in total. The van der Waals surface area contributed by atoms with E-state index in [9.17, 15) is 4.79 Å². The minimum absolute atomic E-state index is 0.0520. The highest BCUT2D eigenvalue weighted by Gasteiger charge is 2.30. The molecule has 1 saturated heterocycles. The summed E-state index contributed by atoms with van der Waals surface area (Å²) in [6.07, 6.45) is 3.98. The molecule has 0 spiro atoms. The minimum atomic E-state index is -0.0666. The first kappa shape index (κ1) is 7.32. The SMILES string of the molecule is CC=CC1COC(=O)C1C. The highest BCUT2D eigenvalue weighted by Crippen LogP contribution is 2.22. The zero-order chi connectivity index (χ0) is 7.56. The van der Waals surface area contributed by atoms with Gasteiger partial charge < -0.3 is 4.74 Å². The van der Waals surface area contributed by atoms with Crippen molar-refractivity contribution in [2.45, 2.75) is 13.8 Å². The van der Waals surface area contributed by atoms with E-state index in [4.69, 9.17) is 4.74 Å². The van der Waals surface area contributed by atoms with Crippen molar-refractivity contribution >= 4 is 5.97 Å². The summed E-state index contributed by atoms with van der Waals surface area (Å²) in [4.78, 5) is 10.8. The van der Waals surface area contributed by atoms with Gasteiger partial charge in [-0.05, 0) is 6.92 Å². The average molecular weight is 140 g/mol. The maximum atomic E-state index is 10.8. The number of carbonyl (C=O) groups is 1. The van der Waals surface area contributed by atoms with Crippen molar-refractivity contribution in [2.24, 2.45) is 11.8 Å². The van der Waals surface area contributed by atoms with Gasteiger partial charge in [0.25, 0.3) is 0 Å². The van der Waals surface area contributed by atoms with E-state index in [1.165, 1.54) is 0 Å². The second-order valence-electron chi connectivity index (χ2n) is 2.61. The lowest BCUT2D eigenvalue weighted by Crippen LogP contribution is -2.08. The second-order valence-corrected chi connectivity index (χ2v) is 2.61. The first-order valence-electron chi connectivity index (χ1n) is 3.55. The van der Waals surface area contributed by atoms with Gasteiger partial charge in [0.1, 0.15) is 0 Å². The largest absolute Gasteiger partial charge is 0.465 e. The predicted octanol–water partition coefficient (Wildman–Crippen LogP) is 1.37. The first-order valence-corrected chi connectivity index (χ1v) is 3.55. The number of hydrogen-bond acceptors (Lipinski definition) is 2. The minimum Gasteiger partial charge on any atom is -0.465 e. The van der Waals surface area contributed by atoms with Gasteiger partial charge in [0, 0.05) is 5.92 Å². The van der Waals surface area contributed by atoms with Crippen LogP contribution in [0.3, 0.4) is 0 Å². The Kier molecular flexibility index (Phi) is 2.10. The third-order valence-electron chi connectivity index (χ3n) is 1.87. The van der Waals surface area contributed by atoms with Crippen LogP contribution < -0.4 is 0 Å². The van der Waals surface area contributed by atoms with E-state index in [-0.39, 0.29) is 11.9 Å². The van der Waals surface area contributed by atoms with Crippen LogP contribution in [0.2, 0.25) is 0 Å². The maximum Gasteiger partial charge on any atom is 0.309 e. The lowest BCUT2D eigenvalue weighted by Gasteiger charge is -2.01. The van der Waals surface area contributed by atoms with Gasteiger partial charge in [-0.15, -0.1) is 0 Å². The van der Waals surface area contributed by atoms with Gasteiger partial charge in [0.05, 0.1) is 12.5 Å². The molecule has 0 aromatic rings. The predicted molar refractivity (Wildman–Crippen MR) is 38.4 cm³/mol. The van der Waals surface area contributed by atoms with Crippen molar-refractivity contribution in [2.75, 3.05) is 6.61 Å². The maximum absolute atomic E-state index is 10.8. The number of esters is 1. The molecule has 1 fully saturated rings. The van der Waals surface area contributed by atoms with Gasteiger partial charge in [-0.2, -0.15) is 0 Å². The van der Waals surface area contributed by atoms with E-state index in [1.54, 1.807) is 0 Å². The molecule has 0 aliphatic carbocycles. The molecule has 0 amide bonds.